The fourth-order valence-corrected chi connectivity index (χ4v) is 2.68. The Morgan fingerprint density at radius 3 is 2.38 bits per heavy atom. The normalized spacial score (nSPS) is 16.6. The van der Waals surface area contributed by atoms with Gasteiger partial charge >= 0.3 is 0 Å². The van der Waals surface area contributed by atoms with E-state index in [0.717, 1.165) is 24.7 Å². The van der Waals surface area contributed by atoms with Gasteiger partial charge in [-0.25, -0.2) is 9.97 Å². The molecule has 0 saturated heterocycles. The van der Waals surface area contributed by atoms with E-state index in [1.54, 1.807) is 7.11 Å². The summed E-state index contributed by atoms with van der Waals surface area (Å²) in [7, 11) is 5.97. The van der Waals surface area contributed by atoms with Gasteiger partial charge in [0.15, 0.2) is 5.82 Å². The predicted molar refractivity (Wildman–Crippen MR) is 85.7 cm³/mol. The second-order valence-electron chi connectivity index (χ2n) is 5.84. The molecule has 0 spiro atoms. The lowest BCUT2D eigenvalue weighted by atomic mass is 9.75. The highest BCUT2D eigenvalue weighted by Crippen LogP contribution is 2.36. The van der Waals surface area contributed by atoms with Crippen molar-refractivity contribution >= 4 is 11.6 Å². The van der Waals surface area contributed by atoms with Crippen molar-refractivity contribution in [3.63, 3.8) is 0 Å². The van der Waals surface area contributed by atoms with E-state index in [1.807, 2.05) is 6.07 Å². The van der Waals surface area contributed by atoms with Crippen LogP contribution < -0.4 is 10.6 Å². The van der Waals surface area contributed by atoms with Gasteiger partial charge in [-0.05, 0) is 40.3 Å². The largest absolute Gasteiger partial charge is 0.377 e. The molecular formula is C15H27N5O. The smallest absolute Gasteiger partial charge is 0.158 e. The molecule has 2 rings (SSSR count). The van der Waals surface area contributed by atoms with Crippen LogP contribution in [0.2, 0.25) is 0 Å². The van der Waals surface area contributed by atoms with Crippen molar-refractivity contribution in [2.45, 2.75) is 38.3 Å². The number of rotatable bonds is 8. The Morgan fingerprint density at radius 1 is 1.24 bits per heavy atom. The van der Waals surface area contributed by atoms with E-state index in [4.69, 9.17) is 4.74 Å². The molecule has 2 N–H and O–H groups in total. The van der Waals surface area contributed by atoms with Crippen molar-refractivity contribution in [2.75, 3.05) is 44.9 Å². The Bertz CT molecular complexity index is 435. The highest BCUT2D eigenvalue weighted by Gasteiger charge is 2.38. The van der Waals surface area contributed by atoms with Gasteiger partial charge in [-0.1, -0.05) is 0 Å². The zero-order chi connectivity index (χ0) is 15.3. The molecule has 0 aliphatic heterocycles. The van der Waals surface area contributed by atoms with Crippen molar-refractivity contribution < 1.29 is 4.74 Å². The van der Waals surface area contributed by atoms with E-state index < -0.39 is 0 Å². The van der Waals surface area contributed by atoms with Crippen LogP contribution in [-0.2, 0) is 11.3 Å². The van der Waals surface area contributed by atoms with Crippen LogP contribution in [0.25, 0.3) is 0 Å². The molecule has 1 aromatic rings. The van der Waals surface area contributed by atoms with Crippen molar-refractivity contribution in [3.05, 3.63) is 11.9 Å². The third kappa shape index (κ3) is 3.83. The first-order valence-corrected chi connectivity index (χ1v) is 7.62. The average Bonchev–Trinajstić information content (AvgIpc) is 2.37. The first kappa shape index (κ1) is 16.0. The van der Waals surface area contributed by atoms with E-state index in [2.05, 4.69) is 46.5 Å². The number of anilines is 2. The molecule has 0 atom stereocenters. The summed E-state index contributed by atoms with van der Waals surface area (Å²) in [5.74, 6) is 2.40. The van der Waals surface area contributed by atoms with Gasteiger partial charge in [0, 0.05) is 31.8 Å². The maximum absolute atomic E-state index is 5.14. The molecular weight excluding hydrogens is 266 g/mol. The Balaban J connectivity index is 2.07. The van der Waals surface area contributed by atoms with Crippen LogP contribution in [0, 0.1) is 0 Å². The van der Waals surface area contributed by atoms with E-state index in [9.17, 15) is 0 Å². The average molecular weight is 293 g/mol. The first-order valence-electron chi connectivity index (χ1n) is 7.62. The number of methoxy groups -OCH3 is 1. The molecule has 0 unspecified atom stereocenters. The third-order valence-electron chi connectivity index (χ3n) is 4.24. The van der Waals surface area contributed by atoms with Crippen LogP contribution in [0.1, 0.15) is 32.0 Å². The topological polar surface area (TPSA) is 62.3 Å². The summed E-state index contributed by atoms with van der Waals surface area (Å²) in [5, 5.41) is 6.72. The van der Waals surface area contributed by atoms with E-state index in [0.29, 0.717) is 12.4 Å². The summed E-state index contributed by atoms with van der Waals surface area (Å²) in [4.78, 5) is 11.3. The summed E-state index contributed by atoms with van der Waals surface area (Å²) >= 11 is 0. The fourth-order valence-electron chi connectivity index (χ4n) is 2.68. The van der Waals surface area contributed by atoms with Crippen LogP contribution in [0.5, 0.6) is 0 Å². The van der Waals surface area contributed by atoms with Crippen molar-refractivity contribution in [3.8, 4) is 0 Å². The molecule has 118 valence electrons. The van der Waals surface area contributed by atoms with E-state index in [1.165, 1.54) is 19.3 Å². The molecule has 0 bridgehead atoms. The summed E-state index contributed by atoms with van der Waals surface area (Å²) in [6.07, 6.45) is 3.79. The van der Waals surface area contributed by atoms with E-state index in [-0.39, 0.29) is 5.54 Å². The quantitative estimate of drug-likeness (QED) is 0.764. The number of likely N-dealkylation sites (N-methyl/N-ethyl adjacent to an activating group) is 1. The second-order valence-corrected chi connectivity index (χ2v) is 5.84. The van der Waals surface area contributed by atoms with Crippen molar-refractivity contribution in [1.82, 2.24) is 14.9 Å². The summed E-state index contributed by atoms with van der Waals surface area (Å²) in [5.41, 5.74) is 0.269. The molecule has 1 saturated carbocycles. The van der Waals surface area contributed by atoms with Crippen molar-refractivity contribution in [1.29, 1.82) is 0 Å². The summed E-state index contributed by atoms with van der Waals surface area (Å²) < 4.78 is 5.14. The lowest BCUT2D eigenvalue weighted by Crippen LogP contribution is -2.54. The van der Waals surface area contributed by atoms with Gasteiger partial charge in [-0.15, -0.1) is 0 Å². The van der Waals surface area contributed by atoms with Gasteiger partial charge in [-0.2, -0.15) is 0 Å². The zero-order valence-electron chi connectivity index (χ0n) is 13.6. The molecule has 0 radical (unpaired) electrons. The maximum atomic E-state index is 5.14. The Morgan fingerprint density at radius 2 is 1.90 bits per heavy atom. The van der Waals surface area contributed by atoms with Gasteiger partial charge < -0.3 is 20.3 Å². The molecule has 1 aliphatic carbocycles. The number of aromatic nitrogens is 2. The Hall–Kier alpha value is -1.40. The first-order chi connectivity index (χ1) is 10.1. The lowest BCUT2D eigenvalue weighted by Gasteiger charge is -2.47. The number of nitrogens with zero attached hydrogens (tertiary/aromatic N) is 3. The molecule has 1 aliphatic rings. The van der Waals surface area contributed by atoms with Gasteiger partial charge in [0.25, 0.3) is 0 Å². The number of hydrogen-bond acceptors (Lipinski definition) is 6. The minimum absolute atomic E-state index is 0.269. The van der Waals surface area contributed by atoms with Crippen LogP contribution >= 0.6 is 0 Å². The van der Waals surface area contributed by atoms with Crippen molar-refractivity contribution in [2.24, 2.45) is 0 Å². The predicted octanol–water partition coefficient (Wildman–Crippen LogP) is 1.95. The Kier molecular flexibility index (Phi) is 5.36. The van der Waals surface area contributed by atoms with Gasteiger partial charge in [0.05, 0.1) is 0 Å². The number of nitrogens with one attached hydrogen (secondary N) is 2. The highest BCUT2D eigenvalue weighted by molar-refractivity contribution is 5.47. The molecule has 0 amide bonds. The molecule has 6 heteroatoms. The van der Waals surface area contributed by atoms with Crippen LogP contribution in [-0.4, -0.2) is 54.7 Å². The second kappa shape index (κ2) is 7.04. The van der Waals surface area contributed by atoms with Crippen LogP contribution in [0.3, 0.4) is 0 Å². The fraction of sp³-hybridized carbons (Fsp3) is 0.733. The maximum Gasteiger partial charge on any atom is 0.158 e. The summed E-state index contributed by atoms with van der Waals surface area (Å²) in [6, 6.07) is 1.96. The Labute approximate surface area is 127 Å². The van der Waals surface area contributed by atoms with E-state index >= 15 is 0 Å². The standard InChI is InChI=1S/C15H27N5O/c1-5-16-12-9-13(19-14(18-12)10-21-4)17-11-15(20(2)3)7-6-8-15/h9H,5-8,10-11H2,1-4H3,(H2,16,17,18,19). The molecule has 1 aromatic heterocycles. The summed E-state index contributed by atoms with van der Waals surface area (Å²) in [6.45, 7) is 4.23. The number of hydrogen-bond donors (Lipinski definition) is 2. The third-order valence-corrected chi connectivity index (χ3v) is 4.24. The van der Waals surface area contributed by atoms with Crippen LogP contribution in [0.15, 0.2) is 6.07 Å². The minimum atomic E-state index is 0.269. The molecule has 0 aromatic carbocycles. The van der Waals surface area contributed by atoms with Crippen LogP contribution in [0.4, 0.5) is 11.6 Å². The van der Waals surface area contributed by atoms with Gasteiger partial charge in [-0.3, -0.25) is 0 Å². The molecule has 1 heterocycles. The highest BCUT2D eigenvalue weighted by atomic mass is 16.5. The van der Waals surface area contributed by atoms with Gasteiger partial charge in [0.1, 0.15) is 18.2 Å². The molecule has 21 heavy (non-hydrogen) atoms. The monoisotopic (exact) mass is 293 g/mol. The van der Waals surface area contributed by atoms with Gasteiger partial charge in [0.2, 0.25) is 0 Å². The minimum Gasteiger partial charge on any atom is -0.377 e. The SMILES string of the molecule is CCNc1cc(NCC2(N(C)C)CCC2)nc(COC)n1. The molecule has 6 nitrogen and oxygen atoms in total. The zero-order valence-corrected chi connectivity index (χ0v) is 13.6. The number of ether oxygens (including phenoxy) is 1. The lowest BCUT2D eigenvalue weighted by molar-refractivity contribution is 0.0738. The molecule has 1 fully saturated rings.